The van der Waals surface area contributed by atoms with Crippen molar-refractivity contribution < 1.29 is 4.52 Å². The van der Waals surface area contributed by atoms with Crippen LogP contribution < -0.4 is 0 Å². The molecule has 0 unspecified atom stereocenters. The van der Waals surface area contributed by atoms with Crippen LogP contribution in [-0.2, 0) is 18.8 Å². The Bertz CT molecular complexity index is 647. The fraction of sp³-hybridized carbons (Fsp3) is 0.250. The molecular formula is C12H11ClN4O. The topological polar surface area (TPSA) is 56.7 Å². The largest absolute Gasteiger partial charge is 0.343 e. The van der Waals surface area contributed by atoms with Gasteiger partial charge in [0.1, 0.15) is 5.82 Å². The number of hydrogen-bond acceptors (Lipinski definition) is 4. The fourth-order valence-electron chi connectivity index (χ4n) is 1.99. The molecule has 18 heavy (non-hydrogen) atoms. The fourth-order valence-corrected chi connectivity index (χ4v) is 2.20. The molecule has 0 atom stereocenters. The molecule has 2 heterocycles. The number of fused-ring (bicyclic) bond motifs is 1. The van der Waals surface area contributed by atoms with Gasteiger partial charge in [-0.3, -0.25) is 0 Å². The number of halogens is 1. The second-order valence-corrected chi connectivity index (χ2v) is 4.17. The van der Waals surface area contributed by atoms with Crippen LogP contribution in [0, 0.1) is 0 Å². The van der Waals surface area contributed by atoms with E-state index in [0.29, 0.717) is 18.1 Å². The summed E-state index contributed by atoms with van der Waals surface area (Å²) in [6.07, 6.45) is 2.03. The average molecular weight is 263 g/mol. The number of hydrogen-bond donors (Lipinski definition) is 0. The van der Waals surface area contributed by atoms with Gasteiger partial charge in [-0.25, -0.2) is 4.98 Å². The highest BCUT2D eigenvalue weighted by molar-refractivity contribution is 6.16. The summed E-state index contributed by atoms with van der Waals surface area (Å²) in [5, 5.41) is 3.80. The number of imidazole rings is 1. The van der Waals surface area contributed by atoms with E-state index in [4.69, 9.17) is 16.1 Å². The van der Waals surface area contributed by atoms with Crippen LogP contribution in [0.4, 0.5) is 0 Å². The third kappa shape index (κ3) is 1.97. The normalized spacial score (nSPS) is 11.2. The van der Waals surface area contributed by atoms with E-state index in [1.165, 1.54) is 6.39 Å². The van der Waals surface area contributed by atoms with Gasteiger partial charge in [-0.15, -0.1) is 11.6 Å². The first-order valence-corrected chi connectivity index (χ1v) is 6.17. The molecule has 0 bridgehead atoms. The standard InChI is InChI=1S/C12H11ClN4O/c13-7-12-15-9-3-1-2-4-10(9)17(12)6-5-11-14-8-18-16-11/h1-4,8H,5-7H2. The summed E-state index contributed by atoms with van der Waals surface area (Å²) >= 11 is 5.93. The molecule has 92 valence electrons. The molecule has 0 spiro atoms. The zero-order valence-corrected chi connectivity index (χ0v) is 10.3. The van der Waals surface area contributed by atoms with Gasteiger partial charge in [0.2, 0.25) is 6.39 Å². The van der Waals surface area contributed by atoms with Crippen LogP contribution >= 0.6 is 11.6 Å². The highest BCUT2D eigenvalue weighted by atomic mass is 35.5. The van der Waals surface area contributed by atoms with Gasteiger partial charge in [0.25, 0.3) is 0 Å². The molecule has 0 radical (unpaired) electrons. The second kappa shape index (κ2) is 4.78. The van der Waals surface area contributed by atoms with Crippen molar-refractivity contribution >= 4 is 22.6 Å². The lowest BCUT2D eigenvalue weighted by molar-refractivity contribution is 0.408. The van der Waals surface area contributed by atoms with E-state index in [-0.39, 0.29) is 0 Å². The van der Waals surface area contributed by atoms with Crippen molar-refractivity contribution in [3.05, 3.63) is 42.3 Å². The maximum atomic E-state index is 5.93. The van der Waals surface area contributed by atoms with E-state index in [1.807, 2.05) is 24.3 Å². The van der Waals surface area contributed by atoms with Crippen molar-refractivity contribution in [3.63, 3.8) is 0 Å². The third-order valence-corrected chi connectivity index (χ3v) is 3.06. The lowest BCUT2D eigenvalue weighted by Crippen LogP contribution is -2.05. The van der Waals surface area contributed by atoms with Crippen molar-refractivity contribution in [1.82, 2.24) is 19.7 Å². The summed E-state index contributed by atoms with van der Waals surface area (Å²) in [5.41, 5.74) is 2.04. The molecule has 0 amide bonds. The maximum Gasteiger partial charge on any atom is 0.213 e. The van der Waals surface area contributed by atoms with Gasteiger partial charge in [-0.2, -0.15) is 4.98 Å². The molecule has 5 nitrogen and oxygen atoms in total. The van der Waals surface area contributed by atoms with Crippen LogP contribution in [-0.4, -0.2) is 19.7 Å². The second-order valence-electron chi connectivity index (χ2n) is 3.90. The number of alkyl halides is 1. The predicted molar refractivity (Wildman–Crippen MR) is 67.3 cm³/mol. The first kappa shape index (κ1) is 11.2. The van der Waals surface area contributed by atoms with Crippen molar-refractivity contribution in [3.8, 4) is 0 Å². The maximum absolute atomic E-state index is 5.93. The molecule has 0 saturated heterocycles. The number of aryl methyl sites for hydroxylation is 2. The number of nitrogens with zero attached hydrogens (tertiary/aromatic N) is 4. The summed E-state index contributed by atoms with van der Waals surface area (Å²) in [4.78, 5) is 8.50. The van der Waals surface area contributed by atoms with Crippen molar-refractivity contribution in [2.75, 3.05) is 0 Å². The summed E-state index contributed by atoms with van der Waals surface area (Å²) in [7, 11) is 0. The molecule has 0 aliphatic carbocycles. The Morgan fingerprint density at radius 3 is 2.94 bits per heavy atom. The van der Waals surface area contributed by atoms with Gasteiger partial charge in [0.05, 0.1) is 16.9 Å². The summed E-state index contributed by atoms with van der Waals surface area (Å²) in [6, 6.07) is 7.98. The molecule has 0 saturated carbocycles. The van der Waals surface area contributed by atoms with E-state index >= 15 is 0 Å². The van der Waals surface area contributed by atoms with Crippen LogP contribution in [0.5, 0.6) is 0 Å². The monoisotopic (exact) mass is 262 g/mol. The van der Waals surface area contributed by atoms with E-state index in [2.05, 4.69) is 19.7 Å². The lowest BCUT2D eigenvalue weighted by Gasteiger charge is -2.05. The van der Waals surface area contributed by atoms with Crippen LogP contribution in [0.3, 0.4) is 0 Å². The van der Waals surface area contributed by atoms with Crippen LogP contribution in [0.2, 0.25) is 0 Å². The Hall–Kier alpha value is -1.88. The predicted octanol–water partition coefficient (Wildman–Crippen LogP) is 2.40. The zero-order valence-electron chi connectivity index (χ0n) is 9.58. The van der Waals surface area contributed by atoms with E-state index in [9.17, 15) is 0 Å². The quantitative estimate of drug-likeness (QED) is 0.678. The van der Waals surface area contributed by atoms with Crippen molar-refractivity contribution in [2.45, 2.75) is 18.8 Å². The van der Waals surface area contributed by atoms with E-state index in [1.54, 1.807) is 0 Å². The third-order valence-electron chi connectivity index (χ3n) is 2.82. The Morgan fingerprint density at radius 2 is 2.17 bits per heavy atom. The minimum absolute atomic E-state index is 0.390. The van der Waals surface area contributed by atoms with E-state index in [0.717, 1.165) is 23.4 Å². The molecule has 0 N–H and O–H groups in total. The number of aromatic nitrogens is 4. The number of para-hydroxylation sites is 2. The lowest BCUT2D eigenvalue weighted by atomic mass is 10.3. The first-order chi connectivity index (χ1) is 8.88. The van der Waals surface area contributed by atoms with Gasteiger partial charge < -0.3 is 9.09 Å². The summed E-state index contributed by atoms with van der Waals surface area (Å²) < 4.78 is 6.81. The Kier molecular flexibility index (Phi) is 2.98. The number of benzene rings is 1. The van der Waals surface area contributed by atoms with Crippen LogP contribution in [0.1, 0.15) is 11.6 Å². The molecule has 0 fully saturated rings. The summed E-state index contributed by atoms with van der Waals surface area (Å²) in [5.74, 6) is 1.94. The van der Waals surface area contributed by atoms with Gasteiger partial charge in [-0.05, 0) is 12.1 Å². The van der Waals surface area contributed by atoms with Gasteiger partial charge in [0.15, 0.2) is 5.82 Å². The minimum Gasteiger partial charge on any atom is -0.343 e. The summed E-state index contributed by atoms with van der Waals surface area (Å²) in [6.45, 7) is 0.738. The number of rotatable bonds is 4. The smallest absolute Gasteiger partial charge is 0.213 e. The van der Waals surface area contributed by atoms with Gasteiger partial charge in [-0.1, -0.05) is 17.3 Å². The van der Waals surface area contributed by atoms with Gasteiger partial charge in [0, 0.05) is 13.0 Å². The molecule has 3 aromatic rings. The average Bonchev–Trinajstić information content (AvgIpc) is 3.03. The zero-order chi connectivity index (χ0) is 12.4. The van der Waals surface area contributed by atoms with Crippen LogP contribution in [0.15, 0.2) is 35.2 Å². The van der Waals surface area contributed by atoms with Crippen LogP contribution in [0.25, 0.3) is 11.0 Å². The molecule has 6 heteroatoms. The Balaban J connectivity index is 1.94. The minimum atomic E-state index is 0.390. The van der Waals surface area contributed by atoms with E-state index < -0.39 is 0 Å². The molecular weight excluding hydrogens is 252 g/mol. The van der Waals surface area contributed by atoms with Gasteiger partial charge >= 0.3 is 0 Å². The molecule has 1 aromatic carbocycles. The van der Waals surface area contributed by atoms with Crippen molar-refractivity contribution in [2.24, 2.45) is 0 Å². The van der Waals surface area contributed by atoms with Crippen molar-refractivity contribution in [1.29, 1.82) is 0 Å². The Labute approximate surface area is 108 Å². The highest BCUT2D eigenvalue weighted by Crippen LogP contribution is 2.17. The molecule has 0 aliphatic heterocycles. The Morgan fingerprint density at radius 1 is 1.28 bits per heavy atom. The first-order valence-electron chi connectivity index (χ1n) is 5.64. The SMILES string of the molecule is ClCc1nc2ccccc2n1CCc1ncon1. The molecule has 3 rings (SSSR count). The molecule has 2 aromatic heterocycles. The highest BCUT2D eigenvalue weighted by Gasteiger charge is 2.10. The molecule has 0 aliphatic rings.